The van der Waals surface area contributed by atoms with Gasteiger partial charge in [0, 0.05) is 12.1 Å². The van der Waals surface area contributed by atoms with E-state index < -0.39 is 24.3 Å². The number of benzene rings is 2. The molecule has 0 bridgehead atoms. The summed E-state index contributed by atoms with van der Waals surface area (Å²) in [6.45, 7) is 11.8. The molecule has 57 heavy (non-hydrogen) atoms. The fraction of sp³-hybridized carbons (Fsp3) is 0.488. The zero-order chi connectivity index (χ0) is 40.7. The van der Waals surface area contributed by atoms with Crippen LogP contribution in [0.4, 0.5) is 9.59 Å². The zero-order valence-electron chi connectivity index (χ0n) is 33.9. The molecule has 14 nitrogen and oxygen atoms in total. The Morgan fingerprint density at radius 3 is 1.51 bits per heavy atom. The maximum Gasteiger partial charge on any atom is 0.407 e. The first-order valence-corrected chi connectivity index (χ1v) is 19.9. The van der Waals surface area contributed by atoms with Crippen molar-refractivity contribution in [1.82, 2.24) is 40.4 Å². The van der Waals surface area contributed by atoms with Crippen LogP contribution in [-0.2, 0) is 19.1 Å². The summed E-state index contributed by atoms with van der Waals surface area (Å²) in [5.41, 5.74) is 5.80. The molecular formula is C43H54N8O6. The molecule has 14 heteroatoms. The second kappa shape index (κ2) is 16.1. The Balaban J connectivity index is 1.03. The minimum absolute atomic E-state index is 0.0302. The van der Waals surface area contributed by atoms with Gasteiger partial charge >= 0.3 is 12.2 Å². The maximum absolute atomic E-state index is 13.9. The van der Waals surface area contributed by atoms with Crippen molar-refractivity contribution < 1.29 is 28.7 Å². The minimum Gasteiger partial charge on any atom is -0.453 e. The van der Waals surface area contributed by atoms with Gasteiger partial charge in [0.25, 0.3) is 0 Å². The summed E-state index contributed by atoms with van der Waals surface area (Å²) in [5.74, 6) is 1.69. The molecule has 2 aliphatic heterocycles. The van der Waals surface area contributed by atoms with E-state index in [9.17, 15) is 19.2 Å². The lowest BCUT2D eigenvalue weighted by Gasteiger charge is -2.33. The van der Waals surface area contributed by atoms with Crippen LogP contribution in [0.25, 0.3) is 33.6 Å². The van der Waals surface area contributed by atoms with Gasteiger partial charge in [-0.1, -0.05) is 83.1 Å². The van der Waals surface area contributed by atoms with Gasteiger partial charge in [-0.2, -0.15) is 0 Å². The molecule has 2 unspecified atom stereocenters. The summed E-state index contributed by atoms with van der Waals surface area (Å²) in [5, 5.41) is 5.46. The highest BCUT2D eigenvalue weighted by atomic mass is 16.5. The number of nitrogens with one attached hydrogen (secondary N) is 4. The van der Waals surface area contributed by atoms with Gasteiger partial charge in [-0.25, -0.2) is 19.6 Å². The van der Waals surface area contributed by atoms with Crippen LogP contribution in [0.15, 0.2) is 60.9 Å². The first-order valence-electron chi connectivity index (χ1n) is 19.9. The summed E-state index contributed by atoms with van der Waals surface area (Å²) in [6.07, 6.45) is 4.96. The number of likely N-dealkylation sites (tertiary alicyclic amines) is 2. The molecule has 302 valence electrons. The fourth-order valence-corrected chi connectivity index (χ4v) is 8.55. The Hall–Kier alpha value is -5.66. The van der Waals surface area contributed by atoms with Crippen molar-refractivity contribution in [2.75, 3.05) is 14.2 Å². The molecule has 2 saturated heterocycles. The third-order valence-corrected chi connectivity index (χ3v) is 12.1. The lowest BCUT2D eigenvalue weighted by molar-refractivity contribution is -0.138. The van der Waals surface area contributed by atoms with Crippen molar-refractivity contribution >= 4 is 24.0 Å². The molecule has 7 rings (SSSR count). The van der Waals surface area contributed by atoms with Gasteiger partial charge in [-0.05, 0) is 72.1 Å². The second-order valence-corrected chi connectivity index (χ2v) is 16.5. The highest BCUT2D eigenvalue weighted by Crippen LogP contribution is 2.53. The number of H-pyrrole nitrogens is 2. The van der Waals surface area contributed by atoms with E-state index in [1.807, 2.05) is 56.8 Å². The number of aromatic amines is 2. The summed E-state index contributed by atoms with van der Waals surface area (Å²) >= 11 is 0. The zero-order valence-corrected chi connectivity index (χ0v) is 33.9. The fourth-order valence-electron chi connectivity index (χ4n) is 8.55. The topological polar surface area (TPSA) is 175 Å². The van der Waals surface area contributed by atoms with E-state index in [2.05, 4.69) is 76.1 Å². The summed E-state index contributed by atoms with van der Waals surface area (Å²) in [7, 11) is 2.59. The number of hydrogen-bond acceptors (Lipinski definition) is 8. The van der Waals surface area contributed by atoms with Gasteiger partial charge < -0.3 is 39.9 Å². The first kappa shape index (κ1) is 39.6. The van der Waals surface area contributed by atoms with Crippen molar-refractivity contribution in [1.29, 1.82) is 0 Å². The number of methoxy groups -OCH3 is 2. The molecule has 3 fully saturated rings. The van der Waals surface area contributed by atoms with Crippen molar-refractivity contribution in [3.05, 3.63) is 72.6 Å². The third-order valence-electron chi connectivity index (χ3n) is 12.1. The molecule has 4 aromatic rings. The molecule has 0 radical (unpaired) electrons. The maximum atomic E-state index is 13.9. The molecule has 0 spiro atoms. The van der Waals surface area contributed by atoms with Gasteiger partial charge in [0.15, 0.2) is 0 Å². The van der Waals surface area contributed by atoms with E-state index in [1.165, 1.54) is 14.2 Å². The molecule has 4 heterocycles. The third kappa shape index (κ3) is 7.86. The van der Waals surface area contributed by atoms with Crippen molar-refractivity contribution in [2.45, 2.75) is 97.1 Å². The SMILES string of the molecule is COC(=O)N[C@H](C(=O)N1C(c2ncc(-c3ccc(-c4ccc(-c5cnc(C6C[C@@H]7C[C@@H]7N6C(=O)[C@@H](NC(=O)OC)C(C)C)[nH]5)cc4)cc3)[nH]2)C[C@H](C)[C@@H]1C)C(C)C. The highest BCUT2D eigenvalue weighted by Gasteiger charge is 2.56. The largest absolute Gasteiger partial charge is 0.453 e. The highest BCUT2D eigenvalue weighted by molar-refractivity contribution is 5.88. The standard InChI is InChI=1S/C43H54N8O6/c1-22(2)36(48-42(54)56-7)40(52)50-25(6)24(5)17-34(50)38-44-20-31(46-38)28-13-9-26(10-14-28)27-11-15-29(16-12-27)32-21-45-39(47-32)35-19-30-18-33(30)51(35)41(53)37(23(3)4)49-43(55)57-8/h9-16,20-25,30,33-37H,17-19H2,1-8H3,(H,44,46)(H,45,47)(H,48,54)(H,49,55)/t24-,25-,30-,33-,34?,35?,36-,37-/m0/s1. The van der Waals surface area contributed by atoms with Gasteiger partial charge in [0.2, 0.25) is 11.8 Å². The van der Waals surface area contributed by atoms with Crippen LogP contribution in [0.1, 0.15) is 84.5 Å². The van der Waals surface area contributed by atoms with Gasteiger partial charge in [-0.3, -0.25) is 9.59 Å². The van der Waals surface area contributed by atoms with E-state index in [0.29, 0.717) is 5.92 Å². The quantitative estimate of drug-likeness (QED) is 0.128. The lowest BCUT2D eigenvalue weighted by atomic mass is 10.0. The Labute approximate surface area is 333 Å². The summed E-state index contributed by atoms with van der Waals surface area (Å²) in [6, 6.07) is 14.9. The van der Waals surface area contributed by atoms with Crippen LogP contribution >= 0.6 is 0 Å². The molecule has 2 aromatic carbocycles. The minimum atomic E-state index is -0.715. The van der Waals surface area contributed by atoms with Gasteiger partial charge in [-0.15, -0.1) is 0 Å². The number of carbonyl (C=O) groups is 4. The average molecular weight is 779 g/mol. The van der Waals surface area contributed by atoms with Crippen LogP contribution in [0.3, 0.4) is 0 Å². The van der Waals surface area contributed by atoms with E-state index in [1.54, 1.807) is 0 Å². The molecule has 8 atom stereocenters. The number of alkyl carbamates (subject to hydrolysis) is 2. The number of piperidine rings is 1. The van der Waals surface area contributed by atoms with Crippen LogP contribution in [-0.4, -0.2) is 92.1 Å². The number of amides is 4. The number of imidazole rings is 2. The molecule has 4 N–H and O–H groups in total. The number of aromatic nitrogens is 4. The summed E-state index contributed by atoms with van der Waals surface area (Å²) in [4.78, 5) is 72.0. The monoisotopic (exact) mass is 778 g/mol. The van der Waals surface area contributed by atoms with Crippen molar-refractivity contribution in [3.63, 3.8) is 0 Å². The van der Waals surface area contributed by atoms with Crippen molar-refractivity contribution in [3.8, 4) is 33.6 Å². The average Bonchev–Trinajstić information content (AvgIpc) is 3.64. The van der Waals surface area contributed by atoms with E-state index >= 15 is 0 Å². The molecule has 1 aliphatic carbocycles. The summed E-state index contributed by atoms with van der Waals surface area (Å²) < 4.78 is 9.59. The first-order chi connectivity index (χ1) is 27.3. The Kier molecular flexibility index (Phi) is 11.2. The number of ether oxygens (including phenoxy) is 2. The predicted molar refractivity (Wildman–Crippen MR) is 214 cm³/mol. The molecule has 2 aromatic heterocycles. The van der Waals surface area contributed by atoms with Crippen LogP contribution < -0.4 is 10.6 Å². The van der Waals surface area contributed by atoms with Crippen LogP contribution in [0.2, 0.25) is 0 Å². The normalized spacial score (nSPS) is 23.6. The number of nitrogens with zero attached hydrogens (tertiary/aromatic N) is 4. The number of hydrogen-bond donors (Lipinski definition) is 4. The Morgan fingerprint density at radius 1 is 0.649 bits per heavy atom. The Bertz CT molecular complexity index is 2090. The lowest BCUT2D eigenvalue weighted by Crippen LogP contribution is -2.53. The number of rotatable bonds is 11. The molecule has 4 amide bonds. The smallest absolute Gasteiger partial charge is 0.407 e. The van der Waals surface area contributed by atoms with E-state index in [4.69, 9.17) is 19.4 Å². The molecule has 1 saturated carbocycles. The molecular weight excluding hydrogens is 725 g/mol. The van der Waals surface area contributed by atoms with Crippen LogP contribution in [0.5, 0.6) is 0 Å². The van der Waals surface area contributed by atoms with Crippen molar-refractivity contribution in [2.24, 2.45) is 23.7 Å². The molecule has 3 aliphatic rings. The number of fused-ring (bicyclic) bond motifs is 1. The second-order valence-electron chi connectivity index (χ2n) is 16.5. The van der Waals surface area contributed by atoms with Gasteiger partial charge in [0.1, 0.15) is 23.7 Å². The van der Waals surface area contributed by atoms with Crippen LogP contribution in [0, 0.1) is 23.7 Å². The predicted octanol–water partition coefficient (Wildman–Crippen LogP) is 6.85. The number of carbonyl (C=O) groups excluding carboxylic acids is 4. The van der Waals surface area contributed by atoms with E-state index in [-0.39, 0.29) is 53.7 Å². The van der Waals surface area contributed by atoms with Gasteiger partial charge in [0.05, 0.1) is 50.1 Å². The van der Waals surface area contributed by atoms with E-state index in [0.717, 1.165) is 64.6 Å². The Morgan fingerprint density at radius 2 is 1.07 bits per heavy atom.